The third kappa shape index (κ3) is 7.32. The summed E-state index contributed by atoms with van der Waals surface area (Å²) in [6.45, 7) is 0. The van der Waals surface area contributed by atoms with Crippen LogP contribution >= 0.6 is 23.2 Å². The summed E-state index contributed by atoms with van der Waals surface area (Å²) in [5.74, 6) is -3.28. The minimum atomic E-state index is -1.04. The lowest BCUT2D eigenvalue weighted by atomic mass is 10.0. The number of hydrogen-bond donors (Lipinski definition) is 1. The number of esters is 2. The second kappa shape index (κ2) is 11.5. The number of rotatable bonds is 10. The van der Waals surface area contributed by atoms with Gasteiger partial charge in [0.2, 0.25) is 0 Å². The maximum Gasteiger partial charge on any atom is 0.344 e. The Hall–Kier alpha value is -2.38. The third-order valence-corrected chi connectivity index (χ3v) is 4.37. The molecule has 0 atom stereocenters. The molecule has 28 heavy (non-hydrogen) atoms. The number of benzene rings is 1. The number of aliphatic hydroxyl groups excluding tert-OH is 1. The number of Topliss-reactive ketones (excluding diaryl/α,β-unsaturated/α-hetero) is 2. The van der Waals surface area contributed by atoms with Gasteiger partial charge in [0.15, 0.2) is 5.78 Å². The van der Waals surface area contributed by atoms with Crippen LogP contribution in [0.15, 0.2) is 29.5 Å². The molecule has 152 valence electrons. The topological polar surface area (TPSA) is 107 Å². The van der Waals surface area contributed by atoms with Crippen LogP contribution in [0.25, 0.3) is 0 Å². The van der Waals surface area contributed by atoms with Crippen LogP contribution < -0.4 is 0 Å². The van der Waals surface area contributed by atoms with E-state index >= 15 is 0 Å². The average molecular weight is 431 g/mol. The summed E-state index contributed by atoms with van der Waals surface area (Å²) in [4.78, 5) is 47.3. The van der Waals surface area contributed by atoms with E-state index in [1.807, 2.05) is 0 Å². The molecule has 0 fully saturated rings. The van der Waals surface area contributed by atoms with E-state index in [0.29, 0.717) is 15.6 Å². The summed E-state index contributed by atoms with van der Waals surface area (Å²) in [6, 6.07) is 4.73. The Morgan fingerprint density at radius 1 is 0.964 bits per heavy atom. The molecule has 0 radical (unpaired) electrons. The molecule has 1 aromatic rings. The Labute approximate surface area is 172 Å². The Morgan fingerprint density at radius 2 is 1.64 bits per heavy atom. The summed E-state index contributed by atoms with van der Waals surface area (Å²) in [7, 11) is 2.22. The number of allylic oxidation sites excluding steroid dienone is 1. The molecular formula is C19H20Cl2O7. The number of carbonyl (C=O) groups is 4. The fraction of sp³-hybridized carbons (Fsp3) is 0.368. The quantitative estimate of drug-likeness (QED) is 0.199. The van der Waals surface area contributed by atoms with Gasteiger partial charge >= 0.3 is 11.9 Å². The van der Waals surface area contributed by atoms with Crippen LogP contribution in [-0.2, 0) is 35.1 Å². The fourth-order valence-electron chi connectivity index (χ4n) is 2.29. The van der Waals surface area contributed by atoms with Gasteiger partial charge in [0.1, 0.15) is 17.1 Å². The van der Waals surface area contributed by atoms with E-state index in [0.717, 1.165) is 7.11 Å². The molecule has 0 unspecified atom stereocenters. The zero-order valence-electron chi connectivity index (χ0n) is 15.4. The van der Waals surface area contributed by atoms with Crippen molar-refractivity contribution in [2.24, 2.45) is 0 Å². The van der Waals surface area contributed by atoms with Gasteiger partial charge in [-0.25, -0.2) is 4.79 Å². The van der Waals surface area contributed by atoms with E-state index in [4.69, 9.17) is 23.2 Å². The number of aliphatic hydroxyl groups is 1. The first-order chi connectivity index (χ1) is 13.2. The number of ether oxygens (including phenoxy) is 2. The normalized spacial score (nSPS) is 11.4. The molecule has 1 rings (SSSR count). The van der Waals surface area contributed by atoms with Crippen LogP contribution in [0.1, 0.15) is 31.2 Å². The largest absolute Gasteiger partial charge is 0.511 e. The zero-order valence-corrected chi connectivity index (χ0v) is 16.9. The second-order valence-electron chi connectivity index (χ2n) is 5.76. The van der Waals surface area contributed by atoms with Gasteiger partial charge in [-0.15, -0.1) is 0 Å². The highest BCUT2D eigenvalue weighted by molar-refractivity contribution is 6.35. The van der Waals surface area contributed by atoms with Crippen molar-refractivity contribution in [2.75, 3.05) is 14.2 Å². The van der Waals surface area contributed by atoms with Crippen molar-refractivity contribution in [1.82, 2.24) is 0 Å². The molecule has 0 spiro atoms. The molecule has 1 N–H and O–H groups in total. The Kier molecular flexibility index (Phi) is 9.68. The number of hydrogen-bond acceptors (Lipinski definition) is 7. The maximum absolute atomic E-state index is 12.2. The van der Waals surface area contributed by atoms with Crippen molar-refractivity contribution in [1.29, 1.82) is 0 Å². The summed E-state index contributed by atoms with van der Waals surface area (Å²) in [6.07, 6.45) is -0.951. The van der Waals surface area contributed by atoms with Crippen LogP contribution in [0.2, 0.25) is 10.0 Å². The van der Waals surface area contributed by atoms with Gasteiger partial charge in [-0.1, -0.05) is 29.3 Å². The van der Waals surface area contributed by atoms with Crippen molar-refractivity contribution in [3.63, 3.8) is 0 Å². The van der Waals surface area contributed by atoms with E-state index in [1.165, 1.54) is 13.2 Å². The molecule has 7 nitrogen and oxygen atoms in total. The van der Waals surface area contributed by atoms with Gasteiger partial charge in [0.25, 0.3) is 0 Å². The summed E-state index contributed by atoms with van der Waals surface area (Å²) in [5.41, 5.74) is -0.00869. The van der Waals surface area contributed by atoms with Crippen LogP contribution in [0.4, 0.5) is 0 Å². The number of methoxy groups -OCH3 is 2. The van der Waals surface area contributed by atoms with Crippen LogP contribution in [-0.4, -0.2) is 42.8 Å². The van der Waals surface area contributed by atoms with Crippen LogP contribution in [0, 0.1) is 0 Å². The van der Waals surface area contributed by atoms with Crippen molar-refractivity contribution >= 4 is 46.7 Å². The van der Waals surface area contributed by atoms with Crippen LogP contribution in [0.5, 0.6) is 0 Å². The van der Waals surface area contributed by atoms with Crippen molar-refractivity contribution in [2.45, 2.75) is 32.1 Å². The van der Waals surface area contributed by atoms with E-state index in [-0.39, 0.29) is 37.9 Å². The van der Waals surface area contributed by atoms with Gasteiger partial charge in [-0.05, 0) is 17.7 Å². The Balaban J connectivity index is 2.81. The van der Waals surface area contributed by atoms with E-state index < -0.39 is 29.1 Å². The Bertz CT molecular complexity index is 799. The Morgan fingerprint density at radius 3 is 2.21 bits per heavy atom. The molecule has 0 amide bonds. The third-order valence-electron chi connectivity index (χ3n) is 3.78. The first-order valence-corrected chi connectivity index (χ1v) is 9.01. The molecule has 0 aromatic heterocycles. The van der Waals surface area contributed by atoms with Crippen molar-refractivity contribution in [3.05, 3.63) is 45.1 Å². The smallest absolute Gasteiger partial charge is 0.344 e. The number of halogens is 2. The minimum absolute atomic E-state index is 0.00707. The fourth-order valence-corrected chi connectivity index (χ4v) is 2.76. The summed E-state index contributed by atoms with van der Waals surface area (Å²) >= 11 is 11.8. The second-order valence-corrected chi connectivity index (χ2v) is 6.61. The lowest BCUT2D eigenvalue weighted by molar-refractivity contribution is -0.143. The SMILES string of the molecule is COC(=O)CCC(=O)C(C(=O)OC)=C(O)CCC(=O)Cc1ccc(Cl)cc1Cl. The molecule has 0 bridgehead atoms. The highest BCUT2D eigenvalue weighted by Gasteiger charge is 2.25. The molecule has 0 aliphatic rings. The molecule has 1 aromatic carbocycles. The van der Waals surface area contributed by atoms with Gasteiger partial charge in [0.05, 0.1) is 20.6 Å². The first-order valence-electron chi connectivity index (χ1n) is 8.25. The van der Waals surface area contributed by atoms with Gasteiger partial charge in [-0.3, -0.25) is 14.4 Å². The van der Waals surface area contributed by atoms with E-state index in [1.54, 1.807) is 12.1 Å². The highest BCUT2D eigenvalue weighted by atomic mass is 35.5. The van der Waals surface area contributed by atoms with E-state index in [9.17, 15) is 24.3 Å². The first kappa shape index (κ1) is 23.7. The predicted octanol–water partition coefficient (Wildman–Crippen LogP) is 3.39. The zero-order chi connectivity index (χ0) is 21.3. The lowest BCUT2D eigenvalue weighted by Crippen LogP contribution is -2.19. The van der Waals surface area contributed by atoms with Gasteiger partial charge < -0.3 is 14.6 Å². The maximum atomic E-state index is 12.2. The molecule has 0 heterocycles. The van der Waals surface area contributed by atoms with E-state index in [2.05, 4.69) is 9.47 Å². The molecular weight excluding hydrogens is 411 g/mol. The van der Waals surface area contributed by atoms with Gasteiger partial charge in [0, 0.05) is 35.7 Å². The highest BCUT2D eigenvalue weighted by Crippen LogP contribution is 2.22. The van der Waals surface area contributed by atoms with Gasteiger partial charge in [-0.2, -0.15) is 0 Å². The number of carbonyl (C=O) groups excluding carboxylic acids is 4. The minimum Gasteiger partial charge on any atom is -0.511 e. The molecule has 0 saturated carbocycles. The lowest BCUT2D eigenvalue weighted by Gasteiger charge is -2.09. The number of ketones is 2. The molecule has 0 aliphatic heterocycles. The van der Waals surface area contributed by atoms with Crippen molar-refractivity contribution in [3.8, 4) is 0 Å². The summed E-state index contributed by atoms with van der Waals surface area (Å²) in [5, 5.41) is 10.9. The van der Waals surface area contributed by atoms with Crippen LogP contribution in [0.3, 0.4) is 0 Å². The standard InChI is InChI=1S/C19H20Cl2O7/c1-27-17(25)8-7-16(24)18(19(26)28-2)15(23)6-5-13(22)9-11-3-4-12(20)10-14(11)21/h3-4,10,23H,5-9H2,1-2H3. The molecule has 0 aliphatic carbocycles. The summed E-state index contributed by atoms with van der Waals surface area (Å²) < 4.78 is 8.94. The molecule has 9 heteroatoms. The average Bonchev–Trinajstić information content (AvgIpc) is 2.66. The van der Waals surface area contributed by atoms with Crippen molar-refractivity contribution < 1.29 is 33.8 Å². The molecule has 0 saturated heterocycles. The monoisotopic (exact) mass is 430 g/mol. The predicted molar refractivity (Wildman–Crippen MR) is 102 cm³/mol.